The van der Waals surface area contributed by atoms with Crippen molar-refractivity contribution in [3.05, 3.63) is 55.7 Å². The molecule has 0 aliphatic rings. The van der Waals surface area contributed by atoms with Crippen molar-refractivity contribution in [2.75, 3.05) is 12.4 Å². The van der Waals surface area contributed by atoms with E-state index < -0.39 is 5.82 Å². The molecule has 0 bridgehead atoms. The molecule has 0 unspecified atom stereocenters. The average molecular weight is 424 g/mol. The Morgan fingerprint density at radius 1 is 1.25 bits per heavy atom. The first-order chi connectivity index (χ1) is 9.51. The smallest absolute Gasteiger partial charge is 0.141 e. The molecular weight excluding hydrogens is 412 g/mol. The summed E-state index contributed by atoms with van der Waals surface area (Å²) in [7, 11) is 1.62. The molecule has 2 aromatic carbocycles. The number of benzene rings is 2. The first kappa shape index (κ1) is 15.6. The summed E-state index contributed by atoms with van der Waals surface area (Å²) in [6, 6.07) is 8.40. The van der Waals surface area contributed by atoms with E-state index in [1.54, 1.807) is 19.2 Å². The Labute approximate surface area is 138 Å². The van der Waals surface area contributed by atoms with E-state index in [2.05, 4.69) is 37.2 Å². The Morgan fingerprint density at radius 2 is 2.00 bits per heavy atom. The summed E-state index contributed by atoms with van der Waals surface area (Å²) in [6.45, 7) is 0.531. The van der Waals surface area contributed by atoms with Crippen molar-refractivity contribution < 1.29 is 9.13 Å². The van der Waals surface area contributed by atoms with Gasteiger partial charge in [-0.25, -0.2) is 4.39 Å². The van der Waals surface area contributed by atoms with Gasteiger partial charge in [0.25, 0.3) is 0 Å². The van der Waals surface area contributed by atoms with E-state index in [9.17, 15) is 4.39 Å². The highest BCUT2D eigenvalue weighted by molar-refractivity contribution is 9.11. The number of rotatable bonds is 4. The molecule has 0 spiro atoms. The van der Waals surface area contributed by atoms with Crippen LogP contribution in [0.1, 0.15) is 5.56 Å². The summed E-state index contributed by atoms with van der Waals surface area (Å²) in [6.07, 6.45) is 0. The summed E-state index contributed by atoms with van der Waals surface area (Å²) in [5, 5.41) is 3.28. The molecular formula is C14H11Br2ClFNO. The normalized spacial score (nSPS) is 10.4. The first-order valence-electron chi connectivity index (χ1n) is 5.72. The molecule has 6 heteroatoms. The van der Waals surface area contributed by atoms with E-state index in [4.69, 9.17) is 16.3 Å². The summed E-state index contributed by atoms with van der Waals surface area (Å²) < 4.78 is 20.3. The number of nitrogens with one attached hydrogen (secondary N) is 1. The second kappa shape index (κ2) is 6.78. The van der Waals surface area contributed by atoms with Crippen molar-refractivity contribution in [3.8, 4) is 5.75 Å². The molecule has 0 heterocycles. The maximum Gasteiger partial charge on any atom is 0.141 e. The predicted molar refractivity (Wildman–Crippen MR) is 87.1 cm³/mol. The molecule has 2 aromatic rings. The van der Waals surface area contributed by atoms with Crippen LogP contribution >= 0.6 is 43.5 Å². The minimum absolute atomic E-state index is 0.0948. The molecule has 0 saturated heterocycles. The molecule has 106 valence electrons. The van der Waals surface area contributed by atoms with Crippen LogP contribution in [0.5, 0.6) is 5.75 Å². The van der Waals surface area contributed by atoms with Gasteiger partial charge in [0.05, 0.1) is 16.6 Å². The molecule has 0 aliphatic heterocycles. The zero-order valence-corrected chi connectivity index (χ0v) is 14.4. The predicted octanol–water partition coefficient (Wildman–Crippen LogP) is 5.62. The third kappa shape index (κ3) is 3.65. The summed E-state index contributed by atoms with van der Waals surface area (Å²) in [5.74, 6) is 0.328. The van der Waals surface area contributed by atoms with Gasteiger partial charge < -0.3 is 10.1 Å². The Balaban J connectivity index is 2.20. The first-order valence-corrected chi connectivity index (χ1v) is 7.68. The van der Waals surface area contributed by atoms with E-state index in [1.165, 1.54) is 6.07 Å². The third-order valence-corrected chi connectivity index (χ3v) is 4.03. The maximum atomic E-state index is 13.1. The summed E-state index contributed by atoms with van der Waals surface area (Å²) >= 11 is 12.6. The van der Waals surface area contributed by atoms with Gasteiger partial charge in [-0.1, -0.05) is 27.5 Å². The van der Waals surface area contributed by atoms with Gasteiger partial charge >= 0.3 is 0 Å². The van der Waals surface area contributed by atoms with Crippen LogP contribution in [0.4, 0.5) is 10.1 Å². The van der Waals surface area contributed by atoms with Crippen molar-refractivity contribution in [1.29, 1.82) is 0 Å². The standard InChI is InChI=1S/C14H11Br2ClFNO/c1-20-14-8(4-9(15)5-11(14)16)7-19-10-2-3-13(18)12(17)6-10/h2-6,19H,7H2,1H3. The lowest BCUT2D eigenvalue weighted by Gasteiger charge is -2.13. The molecule has 1 N–H and O–H groups in total. The minimum atomic E-state index is -0.431. The van der Waals surface area contributed by atoms with Gasteiger partial charge in [-0.15, -0.1) is 0 Å². The van der Waals surface area contributed by atoms with Crippen molar-refractivity contribution in [1.82, 2.24) is 0 Å². The topological polar surface area (TPSA) is 21.3 Å². The average Bonchev–Trinajstić information content (AvgIpc) is 2.39. The van der Waals surface area contributed by atoms with Crippen LogP contribution in [0.15, 0.2) is 39.3 Å². The van der Waals surface area contributed by atoms with Crippen LogP contribution in [0.2, 0.25) is 5.02 Å². The van der Waals surface area contributed by atoms with Crippen molar-refractivity contribution in [2.24, 2.45) is 0 Å². The number of methoxy groups -OCH3 is 1. The minimum Gasteiger partial charge on any atom is -0.495 e. The van der Waals surface area contributed by atoms with Gasteiger partial charge in [-0.3, -0.25) is 0 Å². The molecule has 0 atom stereocenters. The Hall–Kier alpha value is -0.780. The van der Waals surface area contributed by atoms with Gasteiger partial charge in [-0.2, -0.15) is 0 Å². The molecule has 0 radical (unpaired) electrons. The van der Waals surface area contributed by atoms with Crippen LogP contribution in [0, 0.1) is 5.82 Å². The van der Waals surface area contributed by atoms with E-state index >= 15 is 0 Å². The highest BCUT2D eigenvalue weighted by atomic mass is 79.9. The zero-order chi connectivity index (χ0) is 14.7. The lowest BCUT2D eigenvalue weighted by molar-refractivity contribution is 0.407. The number of halogens is 4. The van der Waals surface area contributed by atoms with E-state index in [1.807, 2.05) is 12.1 Å². The van der Waals surface area contributed by atoms with Crippen LogP contribution < -0.4 is 10.1 Å². The molecule has 2 nitrogen and oxygen atoms in total. The maximum absolute atomic E-state index is 13.1. The van der Waals surface area contributed by atoms with Crippen molar-refractivity contribution >= 4 is 49.1 Å². The lowest BCUT2D eigenvalue weighted by atomic mass is 10.2. The van der Waals surface area contributed by atoms with Gasteiger partial charge in [0.15, 0.2) is 0 Å². The van der Waals surface area contributed by atoms with E-state index in [-0.39, 0.29) is 5.02 Å². The lowest BCUT2D eigenvalue weighted by Crippen LogP contribution is -2.02. The summed E-state index contributed by atoms with van der Waals surface area (Å²) in [5.41, 5.74) is 1.71. The van der Waals surface area contributed by atoms with Gasteiger partial charge in [0, 0.05) is 22.3 Å². The zero-order valence-electron chi connectivity index (χ0n) is 10.5. The van der Waals surface area contributed by atoms with Gasteiger partial charge in [0.2, 0.25) is 0 Å². The van der Waals surface area contributed by atoms with Crippen LogP contribution in [-0.2, 0) is 6.54 Å². The number of ether oxygens (including phenoxy) is 1. The van der Waals surface area contributed by atoms with Crippen LogP contribution in [0.3, 0.4) is 0 Å². The second-order valence-electron chi connectivity index (χ2n) is 4.06. The highest BCUT2D eigenvalue weighted by Gasteiger charge is 2.09. The fraction of sp³-hybridized carbons (Fsp3) is 0.143. The molecule has 0 aliphatic carbocycles. The fourth-order valence-electron chi connectivity index (χ4n) is 1.78. The number of hydrogen-bond acceptors (Lipinski definition) is 2. The molecule has 2 rings (SSSR count). The third-order valence-electron chi connectivity index (χ3n) is 2.69. The molecule has 0 amide bonds. The Bertz CT molecular complexity index is 637. The largest absolute Gasteiger partial charge is 0.495 e. The van der Waals surface area contributed by atoms with Crippen molar-refractivity contribution in [3.63, 3.8) is 0 Å². The van der Waals surface area contributed by atoms with Gasteiger partial charge in [0.1, 0.15) is 11.6 Å². The molecule has 20 heavy (non-hydrogen) atoms. The monoisotopic (exact) mass is 421 g/mol. The number of anilines is 1. The van der Waals surface area contributed by atoms with Crippen molar-refractivity contribution in [2.45, 2.75) is 6.54 Å². The number of hydrogen-bond donors (Lipinski definition) is 1. The van der Waals surface area contributed by atoms with Crippen LogP contribution in [-0.4, -0.2) is 7.11 Å². The van der Waals surface area contributed by atoms with Crippen LogP contribution in [0.25, 0.3) is 0 Å². The highest BCUT2D eigenvalue weighted by Crippen LogP contribution is 2.33. The fourth-order valence-corrected chi connectivity index (χ4v) is 3.43. The second-order valence-corrected chi connectivity index (χ2v) is 6.24. The Morgan fingerprint density at radius 3 is 2.65 bits per heavy atom. The quantitative estimate of drug-likeness (QED) is 0.689. The Kier molecular flexibility index (Phi) is 5.29. The van der Waals surface area contributed by atoms with E-state index in [0.29, 0.717) is 6.54 Å². The molecule has 0 saturated carbocycles. The summed E-state index contributed by atoms with van der Waals surface area (Å²) in [4.78, 5) is 0. The van der Waals surface area contributed by atoms with Gasteiger partial charge in [-0.05, 0) is 46.3 Å². The van der Waals surface area contributed by atoms with E-state index in [0.717, 1.165) is 25.9 Å². The SMILES string of the molecule is COc1c(Br)cc(Br)cc1CNc1ccc(F)c(Cl)c1. The molecule has 0 fully saturated rings. The molecule has 0 aromatic heterocycles.